The summed E-state index contributed by atoms with van der Waals surface area (Å²) in [5.74, 6) is 0.546. The number of piperidine rings is 1. The highest BCUT2D eigenvalue weighted by Crippen LogP contribution is 2.28. The molecule has 1 heterocycles. The van der Waals surface area contributed by atoms with E-state index in [1.165, 1.54) is 32.1 Å². The Morgan fingerprint density at radius 2 is 1.89 bits per heavy atom. The fraction of sp³-hybridized carbons (Fsp3) is 1.00. The van der Waals surface area contributed by atoms with Crippen LogP contribution in [0.1, 0.15) is 58.3 Å². The van der Waals surface area contributed by atoms with Gasteiger partial charge in [-0.1, -0.05) is 26.2 Å². The molecule has 0 spiro atoms. The van der Waals surface area contributed by atoms with Crippen LogP contribution in [0.15, 0.2) is 0 Å². The van der Waals surface area contributed by atoms with Crippen molar-refractivity contribution in [1.29, 1.82) is 0 Å². The van der Waals surface area contributed by atoms with Gasteiger partial charge in [0.15, 0.2) is 0 Å². The summed E-state index contributed by atoms with van der Waals surface area (Å²) in [7, 11) is -3.16. The molecule has 0 aromatic heterocycles. The molecule has 2 fully saturated rings. The smallest absolute Gasteiger partial charge is 0.215 e. The van der Waals surface area contributed by atoms with Gasteiger partial charge in [-0.15, -0.1) is 0 Å². The lowest BCUT2D eigenvalue weighted by Crippen LogP contribution is -2.49. The molecular formula is C14H28N2O2S. The van der Waals surface area contributed by atoms with Gasteiger partial charge in [0.05, 0.1) is 5.25 Å². The second kappa shape index (κ2) is 7.04. The predicted molar refractivity (Wildman–Crippen MR) is 78.6 cm³/mol. The number of hydrogen-bond acceptors (Lipinski definition) is 3. The standard InChI is InChI=1S/C14H28N2O2S/c1-2-14(12-7-4-3-5-8-12)16-19(17,18)13-9-6-10-15-11-13/h12-16H,2-11H2,1H3. The molecule has 1 aliphatic heterocycles. The van der Waals surface area contributed by atoms with E-state index in [1.807, 2.05) is 0 Å². The molecule has 0 amide bonds. The van der Waals surface area contributed by atoms with E-state index in [4.69, 9.17) is 0 Å². The van der Waals surface area contributed by atoms with Crippen molar-refractivity contribution >= 4 is 10.0 Å². The number of sulfonamides is 1. The second-order valence-electron chi connectivity index (χ2n) is 6.04. The van der Waals surface area contributed by atoms with Crippen LogP contribution in [0.5, 0.6) is 0 Å². The van der Waals surface area contributed by atoms with E-state index in [9.17, 15) is 8.42 Å². The van der Waals surface area contributed by atoms with Crippen LogP contribution in [0.3, 0.4) is 0 Å². The minimum absolute atomic E-state index is 0.146. The summed E-state index contributed by atoms with van der Waals surface area (Å²) in [5, 5.41) is 2.96. The Morgan fingerprint density at radius 1 is 1.16 bits per heavy atom. The first-order chi connectivity index (χ1) is 9.13. The molecule has 19 heavy (non-hydrogen) atoms. The highest BCUT2D eigenvalue weighted by Gasteiger charge is 2.32. The van der Waals surface area contributed by atoms with Crippen LogP contribution in [-0.4, -0.2) is 32.8 Å². The van der Waals surface area contributed by atoms with Gasteiger partial charge in [-0.2, -0.15) is 0 Å². The minimum Gasteiger partial charge on any atom is -0.315 e. The third-order valence-corrected chi connectivity index (χ3v) is 6.58. The third-order valence-electron chi connectivity index (χ3n) is 4.66. The molecule has 5 heteroatoms. The summed E-state index contributed by atoms with van der Waals surface area (Å²) < 4.78 is 27.9. The maximum atomic E-state index is 12.4. The van der Waals surface area contributed by atoms with Crippen molar-refractivity contribution in [3.8, 4) is 0 Å². The normalized spacial score (nSPS) is 28.2. The molecule has 2 atom stereocenters. The van der Waals surface area contributed by atoms with Gasteiger partial charge in [0.25, 0.3) is 0 Å². The van der Waals surface area contributed by atoms with Gasteiger partial charge in [0, 0.05) is 12.6 Å². The van der Waals surface area contributed by atoms with Crippen LogP contribution >= 0.6 is 0 Å². The maximum absolute atomic E-state index is 12.4. The zero-order chi connectivity index (χ0) is 13.7. The fourth-order valence-electron chi connectivity index (χ4n) is 3.44. The number of hydrogen-bond donors (Lipinski definition) is 2. The quantitative estimate of drug-likeness (QED) is 0.813. The van der Waals surface area contributed by atoms with E-state index >= 15 is 0 Å². The molecular weight excluding hydrogens is 260 g/mol. The first-order valence-corrected chi connectivity index (χ1v) is 9.40. The van der Waals surface area contributed by atoms with E-state index in [1.54, 1.807) is 0 Å². The molecule has 112 valence electrons. The van der Waals surface area contributed by atoms with Crippen molar-refractivity contribution in [2.24, 2.45) is 5.92 Å². The lowest BCUT2D eigenvalue weighted by atomic mass is 9.83. The summed E-state index contributed by atoms with van der Waals surface area (Å²) in [5.41, 5.74) is 0. The molecule has 0 aromatic carbocycles. The van der Waals surface area contributed by atoms with Crippen LogP contribution < -0.4 is 10.0 Å². The van der Waals surface area contributed by atoms with Gasteiger partial charge in [-0.05, 0) is 44.6 Å². The minimum atomic E-state index is -3.16. The summed E-state index contributed by atoms with van der Waals surface area (Å²) >= 11 is 0. The van der Waals surface area contributed by atoms with Gasteiger partial charge in [0.1, 0.15) is 0 Å². The topological polar surface area (TPSA) is 58.2 Å². The van der Waals surface area contributed by atoms with Crippen molar-refractivity contribution in [1.82, 2.24) is 10.0 Å². The summed E-state index contributed by atoms with van der Waals surface area (Å²) in [6, 6.07) is 0.146. The van der Waals surface area contributed by atoms with E-state index < -0.39 is 10.0 Å². The Labute approximate surface area is 117 Å². The molecule has 0 bridgehead atoms. The molecule has 1 saturated carbocycles. The van der Waals surface area contributed by atoms with Crippen molar-refractivity contribution in [3.63, 3.8) is 0 Å². The molecule has 0 radical (unpaired) electrons. The van der Waals surface area contributed by atoms with Crippen LogP contribution in [0.2, 0.25) is 0 Å². The van der Waals surface area contributed by atoms with Gasteiger partial charge in [-0.25, -0.2) is 13.1 Å². The van der Waals surface area contributed by atoms with Crippen molar-refractivity contribution in [2.75, 3.05) is 13.1 Å². The summed E-state index contributed by atoms with van der Waals surface area (Å²) in [6.07, 6.45) is 8.86. The van der Waals surface area contributed by atoms with Crippen LogP contribution in [-0.2, 0) is 10.0 Å². The van der Waals surface area contributed by atoms with E-state index in [2.05, 4.69) is 17.0 Å². The van der Waals surface area contributed by atoms with Crippen molar-refractivity contribution in [3.05, 3.63) is 0 Å². The highest BCUT2D eigenvalue weighted by molar-refractivity contribution is 7.90. The summed E-state index contributed by atoms with van der Waals surface area (Å²) in [6.45, 7) is 3.66. The average molecular weight is 288 g/mol. The van der Waals surface area contributed by atoms with Crippen LogP contribution in [0, 0.1) is 5.92 Å². The average Bonchev–Trinajstić information content (AvgIpc) is 2.47. The predicted octanol–water partition coefficient (Wildman–Crippen LogP) is 2.02. The second-order valence-corrected chi connectivity index (χ2v) is 8.04. The Balaban J connectivity index is 1.95. The van der Waals surface area contributed by atoms with Gasteiger partial charge in [0.2, 0.25) is 10.0 Å². The van der Waals surface area contributed by atoms with E-state index in [0.717, 1.165) is 25.8 Å². The molecule has 4 nitrogen and oxygen atoms in total. The SMILES string of the molecule is CCC(NS(=O)(=O)C1CCCNC1)C1CCCCC1. The summed E-state index contributed by atoms with van der Waals surface area (Å²) in [4.78, 5) is 0. The third kappa shape index (κ3) is 4.17. The molecule has 2 N–H and O–H groups in total. The first kappa shape index (κ1) is 15.3. The molecule has 1 saturated heterocycles. The largest absolute Gasteiger partial charge is 0.315 e. The lowest BCUT2D eigenvalue weighted by Gasteiger charge is -2.32. The van der Waals surface area contributed by atoms with Crippen LogP contribution in [0.4, 0.5) is 0 Å². The Kier molecular flexibility index (Phi) is 5.66. The van der Waals surface area contributed by atoms with Crippen molar-refractivity contribution in [2.45, 2.75) is 69.6 Å². The molecule has 2 unspecified atom stereocenters. The van der Waals surface area contributed by atoms with Gasteiger partial charge in [-0.3, -0.25) is 0 Å². The Hall–Kier alpha value is -0.130. The van der Waals surface area contributed by atoms with Crippen molar-refractivity contribution < 1.29 is 8.42 Å². The first-order valence-electron chi connectivity index (χ1n) is 7.85. The number of rotatable bonds is 5. The zero-order valence-electron chi connectivity index (χ0n) is 12.0. The number of nitrogens with one attached hydrogen (secondary N) is 2. The van der Waals surface area contributed by atoms with Gasteiger partial charge >= 0.3 is 0 Å². The Morgan fingerprint density at radius 3 is 2.47 bits per heavy atom. The molecule has 2 rings (SSSR count). The fourth-order valence-corrected chi connectivity index (χ4v) is 5.23. The molecule has 0 aromatic rings. The molecule has 1 aliphatic carbocycles. The monoisotopic (exact) mass is 288 g/mol. The van der Waals surface area contributed by atoms with Crippen LogP contribution in [0.25, 0.3) is 0 Å². The highest BCUT2D eigenvalue weighted by atomic mass is 32.2. The van der Waals surface area contributed by atoms with Gasteiger partial charge < -0.3 is 5.32 Å². The van der Waals surface area contributed by atoms with E-state index in [0.29, 0.717) is 12.5 Å². The Bertz CT molecular complexity index is 358. The molecule has 2 aliphatic rings. The lowest BCUT2D eigenvalue weighted by molar-refractivity contribution is 0.284. The van der Waals surface area contributed by atoms with E-state index in [-0.39, 0.29) is 11.3 Å². The zero-order valence-corrected chi connectivity index (χ0v) is 12.8. The maximum Gasteiger partial charge on any atom is 0.215 e.